The van der Waals surface area contributed by atoms with Gasteiger partial charge in [-0.2, -0.15) is 5.10 Å². The van der Waals surface area contributed by atoms with Gasteiger partial charge >= 0.3 is 0 Å². The van der Waals surface area contributed by atoms with Crippen molar-refractivity contribution in [2.24, 2.45) is 11.0 Å². The quantitative estimate of drug-likeness (QED) is 0.685. The van der Waals surface area contributed by atoms with Crippen molar-refractivity contribution in [3.05, 3.63) is 48.1 Å². The molecule has 5 nitrogen and oxygen atoms in total. The van der Waals surface area contributed by atoms with Gasteiger partial charge in [-0.3, -0.25) is 4.79 Å². The average Bonchev–Trinajstić information content (AvgIpc) is 2.60. The number of fused-ring (bicyclic) bond motifs is 1. The Hall–Kier alpha value is -2.56. The van der Waals surface area contributed by atoms with Crippen molar-refractivity contribution in [3.8, 4) is 11.5 Å². The first-order valence-electron chi connectivity index (χ1n) is 8.12. The van der Waals surface area contributed by atoms with E-state index >= 15 is 0 Å². The molecule has 0 saturated carbocycles. The summed E-state index contributed by atoms with van der Waals surface area (Å²) < 4.78 is 11.2. The third-order valence-electron chi connectivity index (χ3n) is 4.40. The first-order chi connectivity index (χ1) is 11.5. The molecule has 3 rings (SSSR count). The summed E-state index contributed by atoms with van der Waals surface area (Å²) in [5, 5.41) is 4.30. The minimum atomic E-state index is -0.700. The summed E-state index contributed by atoms with van der Waals surface area (Å²) in [4.78, 5) is 12.3. The van der Waals surface area contributed by atoms with Gasteiger partial charge in [0.2, 0.25) is 6.10 Å². The maximum Gasteiger partial charge on any atom is 0.284 e. The van der Waals surface area contributed by atoms with Crippen LogP contribution >= 0.6 is 0 Å². The van der Waals surface area contributed by atoms with Crippen LogP contribution in [0.2, 0.25) is 0 Å². The summed E-state index contributed by atoms with van der Waals surface area (Å²) >= 11 is 0. The summed E-state index contributed by atoms with van der Waals surface area (Å²) in [5.74, 6) is 1.31. The van der Waals surface area contributed by atoms with Crippen molar-refractivity contribution < 1.29 is 14.3 Å². The van der Waals surface area contributed by atoms with Crippen LogP contribution in [0.25, 0.3) is 0 Å². The highest BCUT2D eigenvalue weighted by molar-refractivity contribution is 6.01. The molecule has 0 spiro atoms. The summed E-state index contributed by atoms with van der Waals surface area (Å²) in [7, 11) is 0. The Bertz CT molecular complexity index is 721. The second-order valence-electron chi connectivity index (χ2n) is 6.27. The van der Waals surface area contributed by atoms with E-state index in [4.69, 9.17) is 9.47 Å². The highest BCUT2D eigenvalue weighted by atomic mass is 16.6. The van der Waals surface area contributed by atoms with Gasteiger partial charge in [0, 0.05) is 0 Å². The number of hydrazone groups is 1. The molecule has 0 radical (unpaired) electrons. The summed E-state index contributed by atoms with van der Waals surface area (Å²) in [6, 6.07) is 7.31. The van der Waals surface area contributed by atoms with Gasteiger partial charge in [-0.15, -0.1) is 0 Å². The molecule has 1 N–H and O–H groups in total. The molecule has 5 heteroatoms. The molecule has 0 bridgehead atoms. The number of carbonyl (C=O) groups excluding carboxylic acids is 1. The van der Waals surface area contributed by atoms with Gasteiger partial charge in [0.1, 0.15) is 6.61 Å². The summed E-state index contributed by atoms with van der Waals surface area (Å²) in [6.07, 6.45) is 3.21. The molecular formula is C19H22N2O3. The lowest BCUT2D eigenvalue weighted by molar-refractivity contribution is -0.130. The molecule has 2 atom stereocenters. The minimum Gasteiger partial charge on any atom is -0.485 e. The van der Waals surface area contributed by atoms with Gasteiger partial charge < -0.3 is 9.47 Å². The summed E-state index contributed by atoms with van der Waals surface area (Å²) in [6.45, 7) is 8.24. The van der Waals surface area contributed by atoms with E-state index in [0.29, 0.717) is 17.4 Å². The largest absolute Gasteiger partial charge is 0.485 e. The lowest BCUT2D eigenvalue weighted by atomic mass is 9.85. The summed E-state index contributed by atoms with van der Waals surface area (Å²) in [5.41, 5.74) is 5.74. The molecule has 1 aliphatic carbocycles. The Balaban J connectivity index is 1.64. The molecule has 1 aliphatic heterocycles. The van der Waals surface area contributed by atoms with Gasteiger partial charge in [-0.1, -0.05) is 30.4 Å². The lowest BCUT2D eigenvalue weighted by Crippen LogP contribution is -2.42. The fraction of sp³-hybridized carbons (Fsp3) is 0.368. The van der Waals surface area contributed by atoms with Crippen molar-refractivity contribution in [2.75, 3.05) is 6.61 Å². The Morgan fingerprint density at radius 2 is 2.08 bits per heavy atom. The number of nitrogens with one attached hydrogen (secondary N) is 1. The molecule has 0 saturated heterocycles. The standard InChI is InChI=1S/C19H22N2O3/c1-12(2)14-9-8-13(3)15(10-14)20-21-19(22)18-11-23-16-6-4-5-7-17(16)24-18/h4-8,14,18H,1,9-11H2,2-3H3,(H,21,22)/t14-,18+/m0/s1. The van der Waals surface area contributed by atoms with E-state index in [0.717, 1.165) is 29.7 Å². The van der Waals surface area contributed by atoms with E-state index in [9.17, 15) is 4.79 Å². The molecule has 0 aromatic heterocycles. The number of rotatable bonds is 3. The number of hydrogen-bond acceptors (Lipinski definition) is 4. The molecule has 24 heavy (non-hydrogen) atoms. The zero-order valence-electron chi connectivity index (χ0n) is 14.0. The molecular weight excluding hydrogens is 304 g/mol. The van der Waals surface area contributed by atoms with Crippen LogP contribution in [0.4, 0.5) is 0 Å². The Labute approximate surface area is 142 Å². The number of allylic oxidation sites excluding steroid dienone is 3. The fourth-order valence-corrected chi connectivity index (χ4v) is 2.77. The predicted octanol–water partition coefficient (Wildman–Crippen LogP) is 3.23. The molecule has 1 heterocycles. The van der Waals surface area contributed by atoms with Crippen LogP contribution in [-0.2, 0) is 4.79 Å². The van der Waals surface area contributed by atoms with Crippen LogP contribution in [-0.4, -0.2) is 24.3 Å². The van der Waals surface area contributed by atoms with Gasteiger partial charge in [-0.25, -0.2) is 5.43 Å². The lowest BCUT2D eigenvalue weighted by Gasteiger charge is -2.25. The minimum absolute atomic E-state index is 0.177. The van der Waals surface area contributed by atoms with Gasteiger partial charge in [0.15, 0.2) is 11.5 Å². The smallest absolute Gasteiger partial charge is 0.284 e. The molecule has 1 aromatic carbocycles. The number of benzene rings is 1. The zero-order valence-corrected chi connectivity index (χ0v) is 14.0. The van der Waals surface area contributed by atoms with Crippen molar-refractivity contribution >= 4 is 11.6 Å². The van der Waals surface area contributed by atoms with Crippen LogP contribution in [0.15, 0.2) is 53.2 Å². The van der Waals surface area contributed by atoms with E-state index in [2.05, 4.69) is 23.2 Å². The molecule has 1 amide bonds. The molecule has 126 valence electrons. The fourth-order valence-electron chi connectivity index (χ4n) is 2.77. The normalized spacial score (nSPS) is 24.2. The predicted molar refractivity (Wildman–Crippen MR) is 93.2 cm³/mol. The molecule has 1 aromatic rings. The van der Waals surface area contributed by atoms with E-state index in [-0.39, 0.29) is 12.5 Å². The number of ether oxygens (including phenoxy) is 2. The van der Waals surface area contributed by atoms with Crippen molar-refractivity contribution in [2.45, 2.75) is 32.8 Å². The van der Waals surface area contributed by atoms with Gasteiger partial charge in [0.05, 0.1) is 5.71 Å². The maximum absolute atomic E-state index is 12.3. The third-order valence-corrected chi connectivity index (χ3v) is 4.40. The Kier molecular flexibility index (Phi) is 4.69. The molecule has 2 aliphatic rings. The second kappa shape index (κ2) is 6.91. The molecule has 0 fully saturated rings. The first kappa shape index (κ1) is 16.3. The Morgan fingerprint density at radius 1 is 1.33 bits per heavy atom. The van der Waals surface area contributed by atoms with E-state index < -0.39 is 6.10 Å². The maximum atomic E-state index is 12.3. The highest BCUT2D eigenvalue weighted by Crippen LogP contribution is 2.31. The van der Waals surface area contributed by atoms with Crippen LogP contribution in [0.5, 0.6) is 11.5 Å². The van der Waals surface area contributed by atoms with E-state index in [1.807, 2.05) is 32.0 Å². The van der Waals surface area contributed by atoms with Gasteiger partial charge in [0.25, 0.3) is 5.91 Å². The average molecular weight is 326 g/mol. The number of hydrogen-bond donors (Lipinski definition) is 1. The first-order valence-corrected chi connectivity index (χ1v) is 8.12. The highest BCUT2D eigenvalue weighted by Gasteiger charge is 2.27. The van der Waals surface area contributed by atoms with E-state index in [1.165, 1.54) is 0 Å². The van der Waals surface area contributed by atoms with E-state index in [1.54, 1.807) is 6.07 Å². The number of carbonyl (C=O) groups is 1. The van der Waals surface area contributed by atoms with Gasteiger partial charge in [-0.05, 0) is 50.3 Å². The Morgan fingerprint density at radius 3 is 2.83 bits per heavy atom. The van der Waals surface area contributed by atoms with Crippen LogP contribution < -0.4 is 14.9 Å². The molecule has 0 unspecified atom stereocenters. The topological polar surface area (TPSA) is 59.9 Å². The zero-order chi connectivity index (χ0) is 17.1. The van der Waals surface area contributed by atoms with Crippen molar-refractivity contribution in [3.63, 3.8) is 0 Å². The van der Waals surface area contributed by atoms with Crippen molar-refractivity contribution in [1.82, 2.24) is 5.43 Å². The van der Waals surface area contributed by atoms with Crippen LogP contribution in [0.3, 0.4) is 0 Å². The second-order valence-corrected chi connectivity index (χ2v) is 6.27. The van der Waals surface area contributed by atoms with Crippen molar-refractivity contribution in [1.29, 1.82) is 0 Å². The number of para-hydroxylation sites is 2. The van der Waals surface area contributed by atoms with Crippen LogP contribution in [0, 0.1) is 5.92 Å². The van der Waals surface area contributed by atoms with Crippen LogP contribution in [0.1, 0.15) is 26.7 Å². The monoisotopic (exact) mass is 326 g/mol. The third kappa shape index (κ3) is 3.50. The number of amides is 1. The number of nitrogens with zero attached hydrogens (tertiary/aromatic N) is 1. The SMILES string of the molecule is C=C(C)[C@H]1CC=C(C)C(=NNC(=O)[C@H]2COc3ccccc3O2)C1.